The summed E-state index contributed by atoms with van der Waals surface area (Å²) in [4.78, 5) is 16.0. The van der Waals surface area contributed by atoms with E-state index in [1.165, 1.54) is 32.1 Å². The molecule has 1 saturated heterocycles. The van der Waals surface area contributed by atoms with E-state index in [-0.39, 0.29) is 13.1 Å². The van der Waals surface area contributed by atoms with Crippen LogP contribution in [0.5, 0.6) is 17.2 Å². The predicted molar refractivity (Wildman–Crippen MR) is 146 cm³/mol. The molecule has 1 aliphatic heterocycles. The van der Waals surface area contributed by atoms with Gasteiger partial charge >= 0.3 is 0 Å². The molecule has 1 N–H and O–H groups in total. The fourth-order valence-electron chi connectivity index (χ4n) is 5.38. The number of imidazole rings is 1. The van der Waals surface area contributed by atoms with Crippen LogP contribution >= 0.6 is 0 Å². The second kappa shape index (κ2) is 10.6. The van der Waals surface area contributed by atoms with Crippen LogP contribution in [0, 0.1) is 5.92 Å². The van der Waals surface area contributed by atoms with Crippen molar-refractivity contribution in [2.24, 2.45) is 5.92 Å². The van der Waals surface area contributed by atoms with E-state index in [1.807, 2.05) is 32.5 Å². The lowest BCUT2D eigenvalue weighted by molar-refractivity contribution is 0.272. The van der Waals surface area contributed by atoms with Crippen LogP contribution in [-0.4, -0.2) is 69.9 Å². The predicted octanol–water partition coefficient (Wildman–Crippen LogP) is 4.52. The maximum Gasteiger partial charge on any atom is 0.229 e. The van der Waals surface area contributed by atoms with Gasteiger partial charge in [-0.1, -0.05) is 19.3 Å². The molecule has 3 aromatic heterocycles. The van der Waals surface area contributed by atoms with Crippen molar-refractivity contribution < 1.29 is 18.6 Å². The molecule has 0 atom stereocenters. The smallest absolute Gasteiger partial charge is 0.229 e. The van der Waals surface area contributed by atoms with Crippen LogP contribution in [0.25, 0.3) is 16.7 Å². The first-order chi connectivity index (χ1) is 19.1. The normalized spacial score (nSPS) is 16.4. The SMILES string of the molecule is COc1cc(-n2cnc(Nc3nc(N4CC(F)C4)nc4c3cnn4CC3CCCCC3)c2)cc(OC)c1OC. The van der Waals surface area contributed by atoms with Crippen molar-refractivity contribution in [3.05, 3.63) is 30.9 Å². The number of hydrogen-bond acceptors (Lipinski definition) is 9. The third-order valence-corrected chi connectivity index (χ3v) is 7.54. The number of methoxy groups -OCH3 is 3. The first kappa shape index (κ1) is 25.2. The average molecular weight is 537 g/mol. The van der Waals surface area contributed by atoms with Gasteiger partial charge in [0.15, 0.2) is 17.1 Å². The summed E-state index contributed by atoms with van der Waals surface area (Å²) >= 11 is 0. The van der Waals surface area contributed by atoms with E-state index in [4.69, 9.17) is 24.2 Å². The molecule has 0 spiro atoms. The Bertz CT molecular complexity index is 1430. The van der Waals surface area contributed by atoms with Crippen molar-refractivity contribution in [1.29, 1.82) is 0 Å². The lowest BCUT2D eigenvalue weighted by Gasteiger charge is -2.34. The summed E-state index contributed by atoms with van der Waals surface area (Å²) in [5, 5.41) is 8.82. The van der Waals surface area contributed by atoms with E-state index < -0.39 is 6.17 Å². The van der Waals surface area contributed by atoms with Crippen LogP contribution < -0.4 is 24.4 Å². The Balaban J connectivity index is 1.32. The number of fused-ring (bicyclic) bond motifs is 1. The Kier molecular flexibility index (Phi) is 6.84. The highest BCUT2D eigenvalue weighted by Crippen LogP contribution is 2.39. The van der Waals surface area contributed by atoms with Crippen molar-refractivity contribution in [3.8, 4) is 22.9 Å². The Labute approximate surface area is 225 Å². The molecule has 0 radical (unpaired) electrons. The first-order valence-corrected chi connectivity index (χ1v) is 13.3. The molecule has 4 heterocycles. The summed E-state index contributed by atoms with van der Waals surface area (Å²) in [6.45, 7) is 1.40. The summed E-state index contributed by atoms with van der Waals surface area (Å²) in [6.07, 6.45) is 10.7. The summed E-state index contributed by atoms with van der Waals surface area (Å²) in [6, 6.07) is 3.70. The van der Waals surface area contributed by atoms with Crippen LogP contribution in [-0.2, 0) is 6.54 Å². The van der Waals surface area contributed by atoms with Gasteiger partial charge in [-0.15, -0.1) is 0 Å². The Morgan fingerprint density at radius 2 is 1.74 bits per heavy atom. The van der Waals surface area contributed by atoms with Crippen molar-refractivity contribution in [3.63, 3.8) is 0 Å². The monoisotopic (exact) mass is 536 g/mol. The molecule has 206 valence electrons. The molecule has 0 amide bonds. The number of anilines is 3. The molecular weight excluding hydrogens is 503 g/mol. The quantitative estimate of drug-likeness (QED) is 0.331. The van der Waals surface area contributed by atoms with E-state index in [2.05, 4.69) is 15.4 Å². The molecule has 4 aromatic rings. The number of nitrogens with one attached hydrogen (secondary N) is 1. The number of alkyl halides is 1. The van der Waals surface area contributed by atoms with Gasteiger partial charge in [0, 0.05) is 18.7 Å². The lowest BCUT2D eigenvalue weighted by atomic mass is 9.89. The molecule has 39 heavy (non-hydrogen) atoms. The van der Waals surface area contributed by atoms with Gasteiger partial charge in [-0.3, -0.25) is 0 Å². The van der Waals surface area contributed by atoms with Crippen LogP contribution in [0.1, 0.15) is 32.1 Å². The number of halogens is 1. The minimum atomic E-state index is -0.859. The fraction of sp³-hybridized carbons (Fsp3) is 0.481. The van der Waals surface area contributed by atoms with Gasteiger partial charge in [-0.05, 0) is 18.8 Å². The third kappa shape index (κ3) is 4.90. The number of aromatic nitrogens is 6. The highest BCUT2D eigenvalue weighted by Gasteiger charge is 2.30. The zero-order chi connectivity index (χ0) is 26.9. The van der Waals surface area contributed by atoms with Crippen molar-refractivity contribution >= 4 is 28.6 Å². The van der Waals surface area contributed by atoms with Crippen LogP contribution in [0.2, 0.25) is 0 Å². The summed E-state index contributed by atoms with van der Waals surface area (Å²) in [5.41, 5.74) is 1.54. The van der Waals surface area contributed by atoms with Gasteiger partial charge < -0.3 is 29.0 Å². The van der Waals surface area contributed by atoms with E-state index in [9.17, 15) is 4.39 Å². The lowest BCUT2D eigenvalue weighted by Crippen LogP contribution is -2.49. The topological polar surface area (TPSA) is 104 Å². The summed E-state index contributed by atoms with van der Waals surface area (Å²) < 4.78 is 33.9. The maximum atomic E-state index is 13.7. The third-order valence-electron chi connectivity index (χ3n) is 7.54. The van der Waals surface area contributed by atoms with Gasteiger partial charge in [0.1, 0.15) is 24.1 Å². The number of rotatable bonds is 9. The molecule has 0 bridgehead atoms. The first-order valence-electron chi connectivity index (χ1n) is 13.3. The molecule has 2 aliphatic rings. The average Bonchev–Trinajstić information content (AvgIpc) is 3.58. The van der Waals surface area contributed by atoms with E-state index in [0.29, 0.717) is 40.8 Å². The second-order valence-corrected chi connectivity index (χ2v) is 10.1. The molecular formula is C27H33FN8O3. The molecule has 2 fully saturated rings. The Hall–Kier alpha value is -4.09. The summed E-state index contributed by atoms with van der Waals surface area (Å²) in [7, 11) is 4.73. The number of ether oxygens (including phenoxy) is 3. The minimum absolute atomic E-state index is 0.289. The Morgan fingerprint density at radius 3 is 2.41 bits per heavy atom. The molecule has 11 nitrogen and oxygen atoms in total. The Morgan fingerprint density at radius 1 is 1.00 bits per heavy atom. The molecule has 6 rings (SSSR count). The zero-order valence-electron chi connectivity index (χ0n) is 22.4. The molecule has 0 unspecified atom stereocenters. The highest BCUT2D eigenvalue weighted by molar-refractivity contribution is 5.89. The summed E-state index contributed by atoms with van der Waals surface area (Å²) in [5.74, 6) is 3.86. The van der Waals surface area contributed by atoms with Crippen molar-refractivity contribution in [2.75, 3.05) is 44.6 Å². The number of hydrogen-bond donors (Lipinski definition) is 1. The van der Waals surface area contributed by atoms with E-state index >= 15 is 0 Å². The zero-order valence-corrected chi connectivity index (χ0v) is 22.4. The van der Waals surface area contributed by atoms with Gasteiger partial charge in [0.05, 0.1) is 57.9 Å². The molecule has 1 saturated carbocycles. The van der Waals surface area contributed by atoms with Gasteiger partial charge in [-0.2, -0.15) is 15.1 Å². The van der Waals surface area contributed by atoms with Crippen LogP contribution in [0.3, 0.4) is 0 Å². The number of benzene rings is 1. The van der Waals surface area contributed by atoms with Gasteiger partial charge in [-0.25, -0.2) is 14.1 Å². The molecule has 12 heteroatoms. The molecule has 1 aliphatic carbocycles. The van der Waals surface area contributed by atoms with Crippen molar-refractivity contribution in [1.82, 2.24) is 29.3 Å². The van der Waals surface area contributed by atoms with E-state index in [1.54, 1.807) is 33.9 Å². The second-order valence-electron chi connectivity index (χ2n) is 10.1. The van der Waals surface area contributed by atoms with Crippen LogP contribution in [0.15, 0.2) is 30.9 Å². The fourth-order valence-corrected chi connectivity index (χ4v) is 5.38. The van der Waals surface area contributed by atoms with Gasteiger partial charge in [0.2, 0.25) is 11.7 Å². The standard InChI is InChI=1S/C27H33FN8O3/c1-37-21-9-19(10-22(38-2)24(21)39-3)35-15-23(29-16-35)31-25-20-11-30-36(12-17-7-5-4-6-8-17)26(20)33-27(32-25)34-13-18(28)14-34/h9-11,15-18H,4-8,12-14H2,1-3H3,(H,31,32,33). The van der Waals surface area contributed by atoms with Crippen LogP contribution in [0.4, 0.5) is 22.0 Å². The van der Waals surface area contributed by atoms with E-state index in [0.717, 1.165) is 23.3 Å². The molecule has 1 aromatic carbocycles. The largest absolute Gasteiger partial charge is 0.493 e. The minimum Gasteiger partial charge on any atom is -0.493 e. The maximum absolute atomic E-state index is 13.7. The van der Waals surface area contributed by atoms with Crippen molar-refractivity contribution in [2.45, 2.75) is 44.8 Å². The highest BCUT2D eigenvalue weighted by atomic mass is 19.1. The number of nitrogens with zero attached hydrogens (tertiary/aromatic N) is 7. The van der Waals surface area contributed by atoms with Gasteiger partial charge in [0.25, 0.3) is 0 Å².